The van der Waals surface area contributed by atoms with Gasteiger partial charge in [-0.3, -0.25) is 0 Å². The summed E-state index contributed by atoms with van der Waals surface area (Å²) in [5.41, 5.74) is 3.44. The molecule has 0 aliphatic carbocycles. The zero-order valence-corrected chi connectivity index (χ0v) is 17.2. The van der Waals surface area contributed by atoms with Gasteiger partial charge in [-0.2, -0.15) is 0 Å². The second-order valence-electron chi connectivity index (χ2n) is 7.60. The van der Waals surface area contributed by atoms with E-state index in [2.05, 4.69) is 50.4 Å². The summed E-state index contributed by atoms with van der Waals surface area (Å²) in [5, 5.41) is 3.17. The summed E-state index contributed by atoms with van der Waals surface area (Å²) in [6.07, 6.45) is 1.02. The van der Waals surface area contributed by atoms with Crippen LogP contribution >= 0.6 is 0 Å². The van der Waals surface area contributed by atoms with Gasteiger partial charge in [0, 0.05) is 13.6 Å². The van der Waals surface area contributed by atoms with Crippen LogP contribution in [-0.2, 0) is 13.0 Å². The smallest absolute Gasteiger partial charge is 0.317 e. The molecule has 2 aromatic rings. The van der Waals surface area contributed by atoms with Crippen molar-refractivity contribution in [2.45, 2.75) is 39.8 Å². The molecule has 2 amide bonds. The average Bonchev–Trinajstić information content (AvgIpc) is 2.71. The predicted molar refractivity (Wildman–Crippen MR) is 111 cm³/mol. The maximum absolute atomic E-state index is 12.8. The van der Waals surface area contributed by atoms with Gasteiger partial charge in [0.25, 0.3) is 0 Å². The molecule has 3 rings (SSSR count). The summed E-state index contributed by atoms with van der Waals surface area (Å²) in [6, 6.07) is 14.1. The molecular formula is C23H30N2O3. The first-order valence-corrected chi connectivity index (χ1v) is 9.97. The molecule has 1 aliphatic heterocycles. The molecule has 0 saturated carbocycles. The lowest BCUT2D eigenvalue weighted by atomic mass is 9.95. The van der Waals surface area contributed by atoms with E-state index in [9.17, 15) is 4.79 Å². The highest BCUT2D eigenvalue weighted by molar-refractivity contribution is 5.74. The van der Waals surface area contributed by atoms with Crippen LogP contribution in [0.1, 0.15) is 43.5 Å². The molecule has 5 heteroatoms. The van der Waals surface area contributed by atoms with Crippen molar-refractivity contribution in [1.82, 2.24) is 10.2 Å². The van der Waals surface area contributed by atoms with Gasteiger partial charge in [-0.1, -0.05) is 51.1 Å². The summed E-state index contributed by atoms with van der Waals surface area (Å²) in [7, 11) is 1.82. The SMILES string of the molecule is CCc1ccc(CN(C)C(=O)NC(c2ccc3c(c2)OCCO3)C(C)C)cc1. The van der Waals surface area contributed by atoms with Crippen molar-refractivity contribution in [2.75, 3.05) is 20.3 Å². The fourth-order valence-corrected chi connectivity index (χ4v) is 3.36. The highest BCUT2D eigenvalue weighted by atomic mass is 16.6. The Morgan fingerprint density at radius 2 is 1.68 bits per heavy atom. The van der Waals surface area contributed by atoms with Crippen LogP contribution in [0.25, 0.3) is 0 Å². The summed E-state index contributed by atoms with van der Waals surface area (Å²) < 4.78 is 11.3. The summed E-state index contributed by atoms with van der Waals surface area (Å²) in [6.45, 7) is 8.03. The van der Waals surface area contributed by atoms with Crippen molar-refractivity contribution >= 4 is 6.03 Å². The van der Waals surface area contributed by atoms with Crippen LogP contribution in [0.2, 0.25) is 0 Å². The molecule has 28 heavy (non-hydrogen) atoms. The Balaban J connectivity index is 1.68. The zero-order chi connectivity index (χ0) is 20.1. The Morgan fingerprint density at radius 3 is 2.32 bits per heavy atom. The number of carbonyl (C=O) groups is 1. The van der Waals surface area contributed by atoms with Crippen LogP contribution in [0.5, 0.6) is 11.5 Å². The van der Waals surface area contributed by atoms with Crippen LogP contribution in [0.4, 0.5) is 4.79 Å². The topological polar surface area (TPSA) is 50.8 Å². The highest BCUT2D eigenvalue weighted by Gasteiger charge is 2.23. The molecule has 150 valence electrons. The lowest BCUT2D eigenvalue weighted by molar-refractivity contribution is 0.171. The van der Waals surface area contributed by atoms with Gasteiger partial charge in [-0.05, 0) is 41.2 Å². The second kappa shape index (κ2) is 9.00. The number of ether oxygens (including phenoxy) is 2. The number of aryl methyl sites for hydroxylation is 1. The molecule has 2 aromatic carbocycles. The van der Waals surface area contributed by atoms with E-state index in [1.165, 1.54) is 5.56 Å². The van der Waals surface area contributed by atoms with Gasteiger partial charge in [0.2, 0.25) is 0 Å². The Bertz CT molecular complexity index is 802. The molecule has 0 spiro atoms. The van der Waals surface area contributed by atoms with Gasteiger partial charge >= 0.3 is 6.03 Å². The largest absolute Gasteiger partial charge is 0.486 e. The first-order chi connectivity index (χ1) is 13.5. The van der Waals surface area contributed by atoms with Crippen LogP contribution in [-0.4, -0.2) is 31.2 Å². The number of nitrogens with zero attached hydrogens (tertiary/aromatic N) is 1. The number of urea groups is 1. The van der Waals surface area contributed by atoms with E-state index >= 15 is 0 Å². The lowest BCUT2D eigenvalue weighted by Crippen LogP contribution is -2.40. The highest BCUT2D eigenvalue weighted by Crippen LogP contribution is 2.34. The second-order valence-corrected chi connectivity index (χ2v) is 7.60. The molecule has 0 radical (unpaired) electrons. The number of hydrogen-bond acceptors (Lipinski definition) is 3. The van der Waals surface area contributed by atoms with Gasteiger partial charge in [0.05, 0.1) is 6.04 Å². The van der Waals surface area contributed by atoms with Crippen molar-refractivity contribution in [1.29, 1.82) is 0 Å². The number of rotatable bonds is 6. The third kappa shape index (κ3) is 4.77. The van der Waals surface area contributed by atoms with E-state index in [4.69, 9.17) is 9.47 Å². The Labute approximate surface area is 167 Å². The molecule has 0 saturated heterocycles. The average molecular weight is 383 g/mol. The predicted octanol–water partition coefficient (Wildman–Crippen LogP) is 4.56. The Hall–Kier alpha value is -2.69. The van der Waals surface area contributed by atoms with Gasteiger partial charge in [-0.25, -0.2) is 4.79 Å². The minimum atomic E-state index is -0.103. The Morgan fingerprint density at radius 1 is 1.04 bits per heavy atom. The summed E-state index contributed by atoms with van der Waals surface area (Å²) in [5.74, 6) is 1.74. The minimum Gasteiger partial charge on any atom is -0.486 e. The van der Waals surface area contributed by atoms with Crippen molar-refractivity contribution in [3.8, 4) is 11.5 Å². The van der Waals surface area contributed by atoms with Gasteiger partial charge in [0.15, 0.2) is 11.5 Å². The van der Waals surface area contributed by atoms with Gasteiger partial charge in [-0.15, -0.1) is 0 Å². The molecule has 1 atom stereocenters. The maximum atomic E-state index is 12.8. The number of fused-ring (bicyclic) bond motifs is 1. The third-order valence-electron chi connectivity index (χ3n) is 5.07. The standard InChI is InChI=1S/C23H30N2O3/c1-5-17-6-8-18(9-7-17)15-25(4)23(26)24-22(16(2)3)19-10-11-20-21(14-19)28-13-12-27-20/h6-11,14,16,22H,5,12-13,15H2,1-4H3,(H,24,26). The van der Waals surface area contributed by atoms with Crippen LogP contribution < -0.4 is 14.8 Å². The van der Waals surface area contributed by atoms with E-state index in [1.807, 2.05) is 25.2 Å². The summed E-state index contributed by atoms with van der Waals surface area (Å²) >= 11 is 0. The number of benzene rings is 2. The van der Waals surface area contributed by atoms with E-state index in [1.54, 1.807) is 4.90 Å². The normalized spacial score (nSPS) is 13.9. The van der Waals surface area contributed by atoms with Crippen molar-refractivity contribution in [3.05, 3.63) is 59.2 Å². The molecular weight excluding hydrogens is 352 g/mol. The first-order valence-electron chi connectivity index (χ1n) is 9.97. The van der Waals surface area contributed by atoms with Crippen LogP contribution in [0.15, 0.2) is 42.5 Å². The fourth-order valence-electron chi connectivity index (χ4n) is 3.36. The molecule has 0 fully saturated rings. The van der Waals surface area contributed by atoms with E-state index in [0.29, 0.717) is 19.8 Å². The van der Waals surface area contributed by atoms with E-state index < -0.39 is 0 Å². The number of amides is 2. The molecule has 1 heterocycles. The number of carbonyl (C=O) groups excluding carboxylic acids is 1. The van der Waals surface area contributed by atoms with E-state index in [0.717, 1.165) is 29.0 Å². The van der Waals surface area contributed by atoms with E-state index in [-0.39, 0.29) is 18.0 Å². The van der Waals surface area contributed by atoms with Crippen molar-refractivity contribution < 1.29 is 14.3 Å². The fraction of sp³-hybridized carbons (Fsp3) is 0.435. The number of hydrogen-bond donors (Lipinski definition) is 1. The number of nitrogens with one attached hydrogen (secondary N) is 1. The van der Waals surface area contributed by atoms with Crippen molar-refractivity contribution in [2.24, 2.45) is 5.92 Å². The third-order valence-corrected chi connectivity index (χ3v) is 5.07. The molecule has 1 N–H and O–H groups in total. The molecule has 1 unspecified atom stereocenters. The molecule has 1 aliphatic rings. The molecule has 5 nitrogen and oxygen atoms in total. The molecule has 0 bridgehead atoms. The lowest BCUT2D eigenvalue weighted by Gasteiger charge is -2.28. The van der Waals surface area contributed by atoms with Gasteiger partial charge in [0.1, 0.15) is 13.2 Å². The quantitative estimate of drug-likeness (QED) is 0.797. The maximum Gasteiger partial charge on any atom is 0.317 e. The zero-order valence-electron chi connectivity index (χ0n) is 17.2. The summed E-state index contributed by atoms with van der Waals surface area (Å²) in [4.78, 5) is 14.5. The van der Waals surface area contributed by atoms with Crippen LogP contribution in [0.3, 0.4) is 0 Å². The van der Waals surface area contributed by atoms with Crippen LogP contribution in [0, 0.1) is 5.92 Å². The van der Waals surface area contributed by atoms with Crippen molar-refractivity contribution in [3.63, 3.8) is 0 Å². The first kappa shape index (κ1) is 20.1. The minimum absolute atomic E-state index is 0.0897. The Kier molecular flexibility index (Phi) is 6.45. The van der Waals surface area contributed by atoms with Gasteiger partial charge < -0.3 is 19.7 Å². The molecule has 0 aromatic heterocycles. The monoisotopic (exact) mass is 382 g/mol.